The topological polar surface area (TPSA) is 78.1 Å². The number of furan rings is 3. The van der Waals surface area contributed by atoms with Crippen LogP contribution in [0.3, 0.4) is 0 Å². The Morgan fingerprint density at radius 3 is 0.726 bits per heavy atom. The molecule has 0 atom stereocenters. The maximum absolute atomic E-state index is 6.34. The van der Waals surface area contributed by atoms with Crippen molar-refractivity contribution in [2.75, 3.05) is 0 Å². The standard InChI is InChI=1S/C47H29NO.2C41H25NO/c1-2-10-32(11-3-1)46-37-14-6-8-16-39(37)47(40-17-9-7-15-38(40)46)43-24-22-36(29-48-43)31-20-18-30(19-21-31)35-23-25-44-41(27-35)42-26-33-12-4-5-13-34(33)28-45(42)49-44;1-2-11-26(12-3-1)39-31-15-6-8-17-33(31)40(34-18-9-7-16-32(34)39)36-22-21-29(25-42-36)30-19-10-20-37-41(30)35-23-27-13-4-5-14-28(27)24-38(35)43-37;1-2-10-26(11-3-1)40-31-14-6-8-16-33(31)41(34-17-9-7-15-32(34)40)37-20-18-30(25-42-37)29-19-21-38-35(23-29)36-22-27-12-4-5-13-28(27)24-39(36)43-38/h1-29H;2*1-25H. The van der Waals surface area contributed by atoms with Crippen LogP contribution >= 0.6 is 0 Å². The van der Waals surface area contributed by atoms with E-state index < -0.39 is 0 Å². The molecule has 0 aliphatic rings. The molecule has 0 aliphatic carbocycles. The zero-order chi connectivity index (χ0) is 89.0. The van der Waals surface area contributed by atoms with Crippen molar-refractivity contribution in [3.05, 3.63) is 480 Å². The molecule has 6 heterocycles. The predicted octanol–water partition coefficient (Wildman–Crippen LogP) is 36.0. The highest BCUT2D eigenvalue weighted by molar-refractivity contribution is 6.25. The fourth-order valence-corrected chi connectivity index (χ4v) is 21.0. The van der Waals surface area contributed by atoms with E-state index in [1.165, 1.54) is 153 Å². The second kappa shape index (κ2) is 32.6. The van der Waals surface area contributed by atoms with Gasteiger partial charge in [-0.05, 0) is 243 Å². The second-order valence-electron chi connectivity index (χ2n) is 35.0. The van der Waals surface area contributed by atoms with E-state index in [0.717, 1.165) is 122 Å². The number of benzene rings is 22. The molecule has 0 aliphatic heterocycles. The van der Waals surface area contributed by atoms with E-state index in [-0.39, 0.29) is 0 Å². The minimum absolute atomic E-state index is 0.889. The van der Waals surface area contributed by atoms with Gasteiger partial charge in [0.1, 0.15) is 33.5 Å². The highest BCUT2D eigenvalue weighted by Crippen LogP contribution is 2.50. The van der Waals surface area contributed by atoms with E-state index in [1.807, 2.05) is 18.6 Å². The lowest BCUT2D eigenvalue weighted by Crippen LogP contribution is -1.92. The fraction of sp³-hybridized carbons (Fsp3) is 0. The summed E-state index contributed by atoms with van der Waals surface area (Å²) in [6.45, 7) is 0. The summed E-state index contributed by atoms with van der Waals surface area (Å²) in [5.74, 6) is 0. The maximum atomic E-state index is 6.34. The molecule has 28 rings (SSSR count). The average Bonchev–Trinajstić information content (AvgIpc) is 1.72. The first-order chi connectivity index (χ1) is 66.9. The number of hydrogen-bond acceptors (Lipinski definition) is 6. The van der Waals surface area contributed by atoms with Crippen molar-refractivity contribution < 1.29 is 13.3 Å². The van der Waals surface area contributed by atoms with Crippen molar-refractivity contribution in [1.29, 1.82) is 0 Å². The molecule has 6 aromatic heterocycles. The van der Waals surface area contributed by atoms with Crippen LogP contribution in [0.2, 0.25) is 0 Å². The van der Waals surface area contributed by atoms with Crippen LogP contribution in [0.25, 0.3) is 274 Å². The monoisotopic (exact) mass is 1720 g/mol. The third-order valence-corrected chi connectivity index (χ3v) is 27.3. The first-order valence-electron chi connectivity index (χ1n) is 46.0. The van der Waals surface area contributed by atoms with Gasteiger partial charge >= 0.3 is 0 Å². The Morgan fingerprint density at radius 2 is 0.385 bits per heavy atom. The summed E-state index contributed by atoms with van der Waals surface area (Å²) in [5, 5.41) is 28.6. The summed E-state index contributed by atoms with van der Waals surface area (Å²) in [6.07, 6.45) is 6.02. The number of rotatable bonds is 10. The van der Waals surface area contributed by atoms with Crippen LogP contribution in [0.5, 0.6) is 0 Å². The van der Waals surface area contributed by atoms with Crippen LogP contribution in [0.1, 0.15) is 0 Å². The van der Waals surface area contributed by atoms with Crippen molar-refractivity contribution in [2.45, 2.75) is 0 Å². The Balaban J connectivity index is 0.000000106. The summed E-state index contributed by atoms with van der Waals surface area (Å²) < 4.78 is 18.8. The number of hydrogen-bond donors (Lipinski definition) is 0. The molecule has 0 saturated heterocycles. The lowest BCUT2D eigenvalue weighted by atomic mass is 9.87. The van der Waals surface area contributed by atoms with Crippen LogP contribution in [-0.4, -0.2) is 15.0 Å². The van der Waals surface area contributed by atoms with E-state index in [1.54, 1.807) is 0 Å². The number of fused-ring (bicyclic) bond motifs is 18. The second-order valence-corrected chi connectivity index (χ2v) is 35.0. The summed E-state index contributed by atoms with van der Waals surface area (Å²) in [6, 6.07) is 164. The van der Waals surface area contributed by atoms with Gasteiger partial charge in [0.2, 0.25) is 0 Å². The molecule has 135 heavy (non-hydrogen) atoms. The van der Waals surface area contributed by atoms with Crippen molar-refractivity contribution in [1.82, 2.24) is 15.0 Å². The number of aromatic nitrogens is 3. The van der Waals surface area contributed by atoms with Gasteiger partial charge in [0.05, 0.1) is 17.1 Å². The number of pyridine rings is 3. The molecule has 0 N–H and O–H groups in total. The van der Waals surface area contributed by atoms with Gasteiger partial charge < -0.3 is 13.3 Å². The molecule has 0 fully saturated rings. The van der Waals surface area contributed by atoms with E-state index in [9.17, 15) is 0 Å². The molecular weight excluding hydrogens is 1640 g/mol. The highest BCUT2D eigenvalue weighted by Gasteiger charge is 2.24. The smallest absolute Gasteiger partial charge is 0.136 e. The zero-order valence-corrected chi connectivity index (χ0v) is 73.2. The highest BCUT2D eigenvalue weighted by atomic mass is 16.3. The van der Waals surface area contributed by atoms with Crippen molar-refractivity contribution in [3.8, 4) is 112 Å². The third kappa shape index (κ3) is 13.6. The normalized spacial score (nSPS) is 11.7. The number of nitrogens with zero attached hydrogens (tertiary/aromatic N) is 3. The Kier molecular flexibility index (Phi) is 18.9. The Labute approximate surface area is 776 Å². The van der Waals surface area contributed by atoms with E-state index in [0.29, 0.717) is 0 Å². The zero-order valence-electron chi connectivity index (χ0n) is 73.2. The van der Waals surface area contributed by atoms with Crippen LogP contribution in [0.15, 0.2) is 493 Å². The molecule has 0 radical (unpaired) electrons. The largest absolute Gasteiger partial charge is 0.456 e. The maximum Gasteiger partial charge on any atom is 0.136 e. The third-order valence-electron chi connectivity index (χ3n) is 27.3. The summed E-state index contributed by atoms with van der Waals surface area (Å²) in [5.41, 5.74) is 28.3. The molecule has 6 heteroatoms. The van der Waals surface area contributed by atoms with Gasteiger partial charge in [0.15, 0.2) is 0 Å². The van der Waals surface area contributed by atoms with Crippen LogP contribution in [0, 0.1) is 0 Å². The quantitative estimate of drug-likeness (QED) is 0.127. The Bertz CT molecular complexity index is 9410. The van der Waals surface area contributed by atoms with Gasteiger partial charge in [-0.1, -0.05) is 376 Å². The molecule has 28 aromatic rings. The molecule has 0 amide bonds. The summed E-state index contributed by atoms with van der Waals surface area (Å²) in [4.78, 5) is 15.3. The predicted molar refractivity (Wildman–Crippen MR) is 566 cm³/mol. The Morgan fingerprint density at radius 1 is 0.133 bits per heavy atom. The van der Waals surface area contributed by atoms with Gasteiger partial charge in [-0.2, -0.15) is 0 Å². The first kappa shape index (κ1) is 78.1. The van der Waals surface area contributed by atoms with E-state index >= 15 is 0 Å². The molecule has 22 aromatic carbocycles. The molecule has 628 valence electrons. The first-order valence-corrected chi connectivity index (χ1v) is 46.0. The average molecular weight is 1720 g/mol. The van der Waals surface area contributed by atoms with Gasteiger partial charge in [-0.25, -0.2) is 0 Å². The fourth-order valence-electron chi connectivity index (χ4n) is 21.0. The van der Waals surface area contributed by atoms with Gasteiger partial charge in [0, 0.05) is 84.3 Å². The lowest BCUT2D eigenvalue weighted by Gasteiger charge is -2.17. The summed E-state index contributed by atoms with van der Waals surface area (Å²) in [7, 11) is 0. The van der Waals surface area contributed by atoms with Gasteiger partial charge in [-0.3, -0.25) is 15.0 Å². The minimum Gasteiger partial charge on any atom is -0.456 e. The van der Waals surface area contributed by atoms with Gasteiger partial charge in [-0.15, -0.1) is 0 Å². The van der Waals surface area contributed by atoms with Crippen molar-refractivity contribution in [3.63, 3.8) is 0 Å². The SMILES string of the molecule is c1ccc(-c2c3ccccc3c(-c3ccc(-c4ccc(-c5ccc6oc7cc8ccccc8cc7c6c5)cc4)cn3)c3ccccc23)cc1.c1ccc(-c2c3ccccc3c(-c3ccc(-c4ccc5oc6cc7ccccc7cc6c5c4)cn3)c3ccccc23)cc1.c1ccc(-c2c3ccccc3c(-c3ccc(-c4cccc5oc6cc7ccccc7cc6c45)cn3)c3ccccc23)cc1. The molecule has 0 bridgehead atoms. The van der Waals surface area contributed by atoms with Crippen LogP contribution < -0.4 is 0 Å². The van der Waals surface area contributed by atoms with Crippen LogP contribution in [0.4, 0.5) is 0 Å². The molecule has 6 nitrogen and oxygen atoms in total. The molecule has 0 unspecified atom stereocenters. The van der Waals surface area contributed by atoms with Crippen molar-refractivity contribution in [2.24, 2.45) is 0 Å². The minimum atomic E-state index is 0.889. The van der Waals surface area contributed by atoms with E-state index in [4.69, 9.17) is 28.2 Å². The molecule has 0 spiro atoms. The van der Waals surface area contributed by atoms with E-state index in [2.05, 4.69) is 461 Å². The molecule has 0 saturated carbocycles. The Hall–Kier alpha value is -18.0. The lowest BCUT2D eigenvalue weighted by molar-refractivity contribution is 0.669. The van der Waals surface area contributed by atoms with Crippen molar-refractivity contribution >= 4 is 163 Å². The van der Waals surface area contributed by atoms with Crippen LogP contribution in [-0.2, 0) is 0 Å². The van der Waals surface area contributed by atoms with Gasteiger partial charge in [0.25, 0.3) is 0 Å². The molecular formula is C129H79N3O3. The summed E-state index contributed by atoms with van der Waals surface area (Å²) >= 11 is 0.